The van der Waals surface area contributed by atoms with Crippen LogP contribution in [0.25, 0.3) is 21.7 Å². The van der Waals surface area contributed by atoms with E-state index >= 15 is 0 Å². The molecule has 8 nitrogen and oxygen atoms in total. The summed E-state index contributed by atoms with van der Waals surface area (Å²) in [6.07, 6.45) is -4.19. The number of halogens is 5. The van der Waals surface area contributed by atoms with Crippen LogP contribution in [-0.2, 0) is 20.3 Å². The van der Waals surface area contributed by atoms with Gasteiger partial charge in [-0.05, 0) is 30.4 Å². The Hall–Kier alpha value is -3.10. The van der Waals surface area contributed by atoms with Crippen molar-refractivity contribution in [1.29, 1.82) is 0 Å². The van der Waals surface area contributed by atoms with Crippen LogP contribution in [0.5, 0.6) is 0 Å². The maximum atomic E-state index is 15.0. The van der Waals surface area contributed by atoms with Crippen molar-refractivity contribution in [2.75, 3.05) is 0 Å². The zero-order valence-electron chi connectivity index (χ0n) is 16.5. The van der Waals surface area contributed by atoms with Gasteiger partial charge in [-0.1, -0.05) is 22.9 Å². The van der Waals surface area contributed by atoms with Crippen LogP contribution >= 0.6 is 35.2 Å². The highest BCUT2D eigenvalue weighted by molar-refractivity contribution is 7.71. The van der Waals surface area contributed by atoms with E-state index in [1.165, 1.54) is 14.1 Å². The van der Waals surface area contributed by atoms with E-state index in [1.54, 1.807) is 0 Å². The number of hydrogen-bond donors (Lipinski definition) is 0. The molecule has 0 aliphatic heterocycles. The van der Waals surface area contributed by atoms with E-state index in [9.17, 15) is 31.9 Å². The monoisotopic (exact) mass is 519 g/mol. The van der Waals surface area contributed by atoms with E-state index < -0.39 is 38.8 Å². The van der Waals surface area contributed by atoms with Gasteiger partial charge >= 0.3 is 22.4 Å². The molecule has 0 unspecified atom stereocenters. The fourth-order valence-corrected chi connectivity index (χ4v) is 4.51. The van der Waals surface area contributed by atoms with Crippen LogP contribution in [0.2, 0.25) is 5.02 Å². The van der Waals surface area contributed by atoms with E-state index in [-0.39, 0.29) is 26.5 Å². The van der Waals surface area contributed by atoms with Crippen molar-refractivity contribution in [2.45, 2.75) is 6.18 Å². The molecule has 4 rings (SSSR count). The molecule has 33 heavy (non-hydrogen) atoms. The molecule has 0 radical (unpaired) electrons. The summed E-state index contributed by atoms with van der Waals surface area (Å²) in [5.41, 5.74) is -3.13. The second kappa shape index (κ2) is 7.74. The molecule has 0 saturated heterocycles. The van der Waals surface area contributed by atoms with Gasteiger partial charge in [0.25, 0.3) is 0 Å². The Morgan fingerprint density at radius 2 is 1.70 bits per heavy atom. The van der Waals surface area contributed by atoms with Crippen molar-refractivity contribution in [3.63, 3.8) is 0 Å². The second-order valence-corrected chi connectivity index (χ2v) is 8.57. The molecule has 0 amide bonds. The predicted octanol–water partition coefficient (Wildman–Crippen LogP) is 3.18. The lowest BCUT2D eigenvalue weighted by Crippen LogP contribution is -2.43. The van der Waals surface area contributed by atoms with E-state index in [0.29, 0.717) is 28.2 Å². The minimum atomic E-state index is -4.70. The highest BCUT2D eigenvalue weighted by atomic mass is 35.5. The lowest BCUT2D eigenvalue weighted by atomic mass is 10.2. The van der Waals surface area contributed by atoms with Gasteiger partial charge in [0.05, 0.1) is 26.5 Å². The van der Waals surface area contributed by atoms with Crippen LogP contribution < -0.4 is 16.3 Å². The number of fused-ring (bicyclic) bond motifs is 1. The van der Waals surface area contributed by atoms with Crippen molar-refractivity contribution in [2.24, 2.45) is 14.1 Å². The van der Waals surface area contributed by atoms with E-state index in [2.05, 4.69) is 4.98 Å². The molecular weight excluding hydrogens is 510 g/mol. The fraction of sp³-hybridized carbons (Fsp3) is 0.167. The molecule has 172 valence electrons. The number of pyridine rings is 1. The summed E-state index contributed by atoms with van der Waals surface area (Å²) in [5, 5.41) is -0.466. The maximum Gasteiger partial charge on any atom is 0.417 e. The molecule has 0 atom stereocenters. The lowest BCUT2D eigenvalue weighted by Gasteiger charge is -2.13. The van der Waals surface area contributed by atoms with Crippen LogP contribution in [0.3, 0.4) is 0 Å². The van der Waals surface area contributed by atoms with Gasteiger partial charge in [-0.25, -0.2) is 32.7 Å². The van der Waals surface area contributed by atoms with E-state index in [0.717, 1.165) is 25.8 Å². The molecule has 0 saturated carbocycles. The van der Waals surface area contributed by atoms with Crippen molar-refractivity contribution in [1.82, 2.24) is 23.3 Å². The molecule has 1 aromatic carbocycles. The van der Waals surface area contributed by atoms with Crippen molar-refractivity contribution in [3.05, 3.63) is 76.2 Å². The Kier molecular flexibility index (Phi) is 5.41. The molecule has 15 heteroatoms. The normalized spacial score (nSPS) is 12.0. The van der Waals surface area contributed by atoms with Gasteiger partial charge in [-0.2, -0.15) is 13.2 Å². The smallest absolute Gasteiger partial charge is 0.273 e. The first-order chi connectivity index (χ1) is 15.3. The summed E-state index contributed by atoms with van der Waals surface area (Å²) < 4.78 is 57.0. The van der Waals surface area contributed by atoms with Gasteiger partial charge < -0.3 is 0 Å². The standard InChI is InChI=1S/C18H10ClF4N5O3S2/c1-25-14(29)26(2)16(32)28(15(25)30)10-5-11-12(4-9(10)20)33-17(31)27(11)13-8(19)3-7(6-24-13)18(21,22)23/h3-6H,1-2H3. The third-order valence-electron chi connectivity index (χ3n) is 4.78. The minimum Gasteiger partial charge on any atom is -0.273 e. The topological polar surface area (TPSA) is 83.8 Å². The Bertz CT molecular complexity index is 1660. The van der Waals surface area contributed by atoms with Crippen LogP contribution in [0.4, 0.5) is 17.6 Å². The summed E-state index contributed by atoms with van der Waals surface area (Å²) in [7, 11) is 2.47. The Labute approximate surface area is 194 Å². The summed E-state index contributed by atoms with van der Waals surface area (Å²) >= 11 is 11.7. The molecule has 4 aromatic rings. The highest BCUT2D eigenvalue weighted by Crippen LogP contribution is 2.33. The molecule has 0 bridgehead atoms. The first-order valence-electron chi connectivity index (χ1n) is 8.80. The highest BCUT2D eigenvalue weighted by Gasteiger charge is 2.32. The average Bonchev–Trinajstić information content (AvgIpc) is 3.04. The van der Waals surface area contributed by atoms with Crippen molar-refractivity contribution in [3.8, 4) is 11.5 Å². The van der Waals surface area contributed by atoms with Crippen molar-refractivity contribution < 1.29 is 17.6 Å². The number of thiazole rings is 1. The molecule has 0 fully saturated rings. The fourth-order valence-electron chi connectivity index (χ4n) is 3.13. The van der Waals surface area contributed by atoms with Gasteiger partial charge in [-0.15, -0.1) is 0 Å². The van der Waals surface area contributed by atoms with Crippen LogP contribution in [0.1, 0.15) is 5.56 Å². The number of alkyl halides is 3. The summed E-state index contributed by atoms with van der Waals surface area (Å²) in [4.78, 5) is 40.3. The first kappa shape index (κ1) is 23.1. The van der Waals surface area contributed by atoms with Gasteiger partial charge in [0.1, 0.15) is 5.82 Å². The summed E-state index contributed by atoms with van der Waals surface area (Å²) in [5.74, 6) is -1.23. The predicted molar refractivity (Wildman–Crippen MR) is 116 cm³/mol. The minimum absolute atomic E-state index is 0.0216. The molecule has 3 aromatic heterocycles. The zero-order valence-corrected chi connectivity index (χ0v) is 18.9. The van der Waals surface area contributed by atoms with Crippen molar-refractivity contribution >= 4 is 45.4 Å². The van der Waals surface area contributed by atoms with Crippen LogP contribution in [0.15, 0.2) is 38.8 Å². The molecule has 0 spiro atoms. The quantitative estimate of drug-likeness (QED) is 0.300. The number of benzene rings is 1. The number of hydrogen-bond acceptors (Lipinski definition) is 6. The third-order valence-corrected chi connectivity index (χ3v) is 6.42. The zero-order chi connectivity index (χ0) is 24.4. The Morgan fingerprint density at radius 3 is 2.30 bits per heavy atom. The van der Waals surface area contributed by atoms with Gasteiger partial charge in [0, 0.05) is 20.3 Å². The number of nitrogens with zero attached hydrogens (tertiary/aromatic N) is 5. The van der Waals surface area contributed by atoms with Gasteiger partial charge in [-0.3, -0.25) is 9.36 Å². The maximum absolute atomic E-state index is 15.0. The van der Waals surface area contributed by atoms with E-state index in [1.807, 2.05) is 0 Å². The average molecular weight is 520 g/mol. The third kappa shape index (κ3) is 3.63. The SMILES string of the molecule is Cn1c(=O)n(C)c(=S)n(-c2cc3c(cc2F)sc(=O)n3-c2ncc(C(F)(F)F)cc2Cl)c1=O. The molecule has 3 heterocycles. The Balaban J connectivity index is 2.06. The van der Waals surface area contributed by atoms with E-state index in [4.69, 9.17) is 23.8 Å². The van der Waals surface area contributed by atoms with Crippen LogP contribution in [0, 0.1) is 10.6 Å². The molecule has 0 aliphatic carbocycles. The molecule has 0 aliphatic rings. The molecular formula is C18H10ClF4N5O3S2. The van der Waals surface area contributed by atoms with Crippen LogP contribution in [-0.4, -0.2) is 23.3 Å². The molecule has 0 N–H and O–H groups in total. The summed E-state index contributed by atoms with van der Waals surface area (Å²) in [6, 6.07) is 2.69. The van der Waals surface area contributed by atoms with Gasteiger partial charge in [0.2, 0.25) is 0 Å². The lowest BCUT2D eigenvalue weighted by molar-refractivity contribution is -0.137. The Morgan fingerprint density at radius 1 is 1.03 bits per heavy atom. The summed E-state index contributed by atoms with van der Waals surface area (Å²) in [6.45, 7) is 0. The first-order valence-corrected chi connectivity index (χ1v) is 10.4. The number of rotatable bonds is 2. The number of aromatic nitrogens is 5. The van der Waals surface area contributed by atoms with Gasteiger partial charge in [0.15, 0.2) is 10.6 Å². The second-order valence-electron chi connectivity index (χ2n) is 6.80. The largest absolute Gasteiger partial charge is 0.417 e.